The molecule has 2 aromatic rings. The van der Waals surface area contributed by atoms with E-state index in [9.17, 15) is 4.79 Å². The van der Waals surface area contributed by atoms with Crippen LogP contribution in [0.2, 0.25) is 0 Å². The number of hydrogen-bond acceptors (Lipinski definition) is 2. The highest BCUT2D eigenvalue weighted by Gasteiger charge is 2.27. The first-order valence-corrected chi connectivity index (χ1v) is 7.18. The maximum Gasteiger partial charge on any atom is 0.287 e. The van der Waals surface area contributed by atoms with Crippen molar-refractivity contribution in [3.05, 3.63) is 35.6 Å². The van der Waals surface area contributed by atoms with Crippen LogP contribution in [0.5, 0.6) is 0 Å². The van der Waals surface area contributed by atoms with Crippen LogP contribution in [-0.2, 0) is 0 Å². The number of halogens is 1. The monoisotopic (exact) mass is 323 g/mol. The van der Waals surface area contributed by atoms with E-state index < -0.39 is 0 Å². The Morgan fingerprint density at radius 2 is 2.05 bits per heavy atom. The van der Waals surface area contributed by atoms with Crippen molar-refractivity contribution in [1.82, 2.24) is 5.32 Å². The standard InChI is InChI=1S/C15H18BrNO2/c1-9-5-6-12-11(7-9)8-13(19-12)14(18)17-15(3,4)10(2)16/h5-8,10H,1-4H3,(H,17,18). The van der Waals surface area contributed by atoms with E-state index in [0.29, 0.717) is 5.76 Å². The van der Waals surface area contributed by atoms with Crippen LogP contribution in [0.3, 0.4) is 0 Å². The largest absolute Gasteiger partial charge is 0.451 e. The van der Waals surface area contributed by atoms with Crippen LogP contribution in [0.1, 0.15) is 36.9 Å². The average Bonchev–Trinajstić information content (AvgIpc) is 2.71. The van der Waals surface area contributed by atoms with Gasteiger partial charge in [-0.3, -0.25) is 4.79 Å². The molecule has 0 aliphatic carbocycles. The van der Waals surface area contributed by atoms with Crippen LogP contribution in [0.4, 0.5) is 0 Å². The van der Waals surface area contributed by atoms with Gasteiger partial charge in [0.15, 0.2) is 5.76 Å². The van der Waals surface area contributed by atoms with E-state index in [1.165, 1.54) is 0 Å². The molecule has 3 nitrogen and oxygen atoms in total. The van der Waals surface area contributed by atoms with Crippen molar-refractivity contribution >= 4 is 32.8 Å². The lowest BCUT2D eigenvalue weighted by atomic mass is 10.0. The van der Waals surface area contributed by atoms with E-state index in [4.69, 9.17) is 4.42 Å². The topological polar surface area (TPSA) is 42.2 Å². The van der Waals surface area contributed by atoms with Gasteiger partial charge in [-0.05, 0) is 39.0 Å². The lowest BCUT2D eigenvalue weighted by Gasteiger charge is -2.28. The van der Waals surface area contributed by atoms with Crippen LogP contribution in [0.25, 0.3) is 11.0 Å². The van der Waals surface area contributed by atoms with E-state index >= 15 is 0 Å². The van der Waals surface area contributed by atoms with Gasteiger partial charge in [0.05, 0.1) is 0 Å². The summed E-state index contributed by atoms with van der Waals surface area (Å²) in [4.78, 5) is 12.4. The summed E-state index contributed by atoms with van der Waals surface area (Å²) in [6.07, 6.45) is 0. The van der Waals surface area contributed by atoms with Gasteiger partial charge in [-0.25, -0.2) is 0 Å². The van der Waals surface area contributed by atoms with Gasteiger partial charge in [0, 0.05) is 15.8 Å². The normalized spacial score (nSPS) is 13.5. The lowest BCUT2D eigenvalue weighted by molar-refractivity contribution is 0.0887. The van der Waals surface area contributed by atoms with Crippen molar-refractivity contribution in [2.24, 2.45) is 0 Å². The third kappa shape index (κ3) is 3.00. The molecule has 1 atom stereocenters. The van der Waals surface area contributed by atoms with Crippen LogP contribution in [0.15, 0.2) is 28.7 Å². The van der Waals surface area contributed by atoms with Crippen molar-refractivity contribution < 1.29 is 9.21 Å². The summed E-state index contributed by atoms with van der Waals surface area (Å²) < 4.78 is 5.58. The number of carbonyl (C=O) groups is 1. The number of furan rings is 1. The zero-order valence-electron chi connectivity index (χ0n) is 11.6. The highest BCUT2D eigenvalue weighted by atomic mass is 79.9. The molecule has 1 aromatic heterocycles. The molecule has 1 aromatic carbocycles. The molecule has 2 rings (SSSR count). The zero-order valence-corrected chi connectivity index (χ0v) is 13.2. The van der Waals surface area contributed by atoms with E-state index in [0.717, 1.165) is 16.5 Å². The summed E-state index contributed by atoms with van der Waals surface area (Å²) in [6.45, 7) is 7.96. The van der Waals surface area contributed by atoms with Crippen molar-refractivity contribution in [1.29, 1.82) is 0 Å². The molecule has 1 heterocycles. The first-order valence-electron chi connectivity index (χ1n) is 6.26. The number of hydrogen-bond donors (Lipinski definition) is 1. The molecule has 0 saturated carbocycles. The van der Waals surface area contributed by atoms with Gasteiger partial charge >= 0.3 is 0 Å². The summed E-state index contributed by atoms with van der Waals surface area (Å²) in [5.74, 6) is 0.159. The third-order valence-corrected chi connectivity index (χ3v) is 4.47. The third-order valence-electron chi connectivity index (χ3n) is 3.33. The number of rotatable bonds is 3. The second-order valence-corrected chi connectivity index (χ2v) is 6.82. The summed E-state index contributed by atoms with van der Waals surface area (Å²) in [7, 11) is 0. The molecule has 1 N–H and O–H groups in total. The number of amides is 1. The number of fused-ring (bicyclic) bond motifs is 1. The number of aryl methyl sites for hydroxylation is 1. The molecular formula is C15H18BrNO2. The summed E-state index contributed by atoms with van der Waals surface area (Å²) >= 11 is 3.50. The summed E-state index contributed by atoms with van der Waals surface area (Å²) in [6, 6.07) is 7.65. The van der Waals surface area contributed by atoms with Crippen LogP contribution in [-0.4, -0.2) is 16.3 Å². The van der Waals surface area contributed by atoms with Gasteiger partial charge in [0.25, 0.3) is 5.91 Å². The molecule has 1 amide bonds. The summed E-state index contributed by atoms with van der Waals surface area (Å²) in [5, 5.41) is 3.92. The first-order chi connectivity index (χ1) is 8.79. The summed E-state index contributed by atoms with van der Waals surface area (Å²) in [5.41, 5.74) is 1.54. The molecule has 0 aliphatic heterocycles. The fourth-order valence-corrected chi connectivity index (χ4v) is 1.84. The minimum Gasteiger partial charge on any atom is -0.451 e. The van der Waals surface area contributed by atoms with Gasteiger partial charge in [0.2, 0.25) is 0 Å². The SMILES string of the molecule is Cc1ccc2oc(C(=O)NC(C)(C)C(C)Br)cc2c1. The molecule has 0 spiro atoms. The van der Waals surface area contributed by atoms with Crippen LogP contribution >= 0.6 is 15.9 Å². The predicted molar refractivity (Wildman–Crippen MR) is 80.9 cm³/mol. The Kier molecular flexibility index (Phi) is 3.72. The van der Waals surface area contributed by atoms with Gasteiger partial charge in [-0.1, -0.05) is 34.5 Å². The second kappa shape index (κ2) is 5.00. The van der Waals surface area contributed by atoms with Crippen molar-refractivity contribution in [3.63, 3.8) is 0 Å². The molecule has 0 fully saturated rings. The maximum atomic E-state index is 12.2. The Balaban J connectivity index is 2.27. The van der Waals surface area contributed by atoms with E-state index in [-0.39, 0.29) is 16.3 Å². The fourth-order valence-electron chi connectivity index (χ4n) is 1.73. The van der Waals surface area contributed by atoms with Gasteiger partial charge < -0.3 is 9.73 Å². The molecule has 1 unspecified atom stereocenters. The van der Waals surface area contributed by atoms with Crippen molar-refractivity contribution in [2.75, 3.05) is 0 Å². The minimum atomic E-state index is -0.341. The quantitative estimate of drug-likeness (QED) is 0.866. The number of alkyl halides is 1. The Morgan fingerprint density at radius 3 is 2.68 bits per heavy atom. The Labute approximate surface area is 121 Å². The highest BCUT2D eigenvalue weighted by Crippen LogP contribution is 2.22. The Bertz CT molecular complexity index is 614. The molecule has 0 bridgehead atoms. The molecular weight excluding hydrogens is 306 g/mol. The Hall–Kier alpha value is -1.29. The number of benzene rings is 1. The van der Waals surface area contributed by atoms with E-state index in [1.807, 2.05) is 45.9 Å². The molecule has 0 saturated heterocycles. The van der Waals surface area contributed by atoms with Crippen molar-refractivity contribution in [2.45, 2.75) is 38.1 Å². The van der Waals surface area contributed by atoms with Gasteiger partial charge in [-0.2, -0.15) is 0 Å². The highest BCUT2D eigenvalue weighted by molar-refractivity contribution is 9.09. The lowest BCUT2D eigenvalue weighted by Crippen LogP contribution is -2.48. The number of nitrogens with one attached hydrogen (secondary N) is 1. The molecule has 102 valence electrons. The zero-order chi connectivity index (χ0) is 14.2. The fraction of sp³-hybridized carbons (Fsp3) is 0.400. The minimum absolute atomic E-state index is 0.163. The first kappa shape index (κ1) is 14.1. The number of carbonyl (C=O) groups excluding carboxylic acids is 1. The average molecular weight is 324 g/mol. The van der Waals surface area contributed by atoms with E-state index in [1.54, 1.807) is 6.07 Å². The second-order valence-electron chi connectivity index (χ2n) is 5.44. The van der Waals surface area contributed by atoms with Crippen LogP contribution in [0, 0.1) is 6.92 Å². The molecule has 19 heavy (non-hydrogen) atoms. The van der Waals surface area contributed by atoms with Gasteiger partial charge in [-0.15, -0.1) is 0 Å². The predicted octanol–water partition coefficient (Wildman–Crippen LogP) is 4.03. The van der Waals surface area contributed by atoms with Crippen molar-refractivity contribution in [3.8, 4) is 0 Å². The van der Waals surface area contributed by atoms with Crippen LogP contribution < -0.4 is 5.32 Å². The Morgan fingerprint density at radius 1 is 1.37 bits per heavy atom. The van der Waals surface area contributed by atoms with Gasteiger partial charge in [0.1, 0.15) is 5.58 Å². The van der Waals surface area contributed by atoms with E-state index in [2.05, 4.69) is 21.2 Å². The molecule has 0 radical (unpaired) electrons. The molecule has 4 heteroatoms. The maximum absolute atomic E-state index is 12.2. The smallest absolute Gasteiger partial charge is 0.287 e. The molecule has 0 aliphatic rings.